The van der Waals surface area contributed by atoms with Gasteiger partial charge in [0.2, 0.25) is 17.6 Å². The van der Waals surface area contributed by atoms with Crippen LogP contribution >= 0.6 is 0 Å². The number of hydrogen-bond acceptors (Lipinski definition) is 7. The topological polar surface area (TPSA) is 114 Å². The Balaban J connectivity index is 1.54. The maximum atomic E-state index is 12.3. The van der Waals surface area contributed by atoms with E-state index < -0.39 is 24.3 Å². The molecule has 1 aliphatic carbocycles. The fraction of sp³-hybridized carbons (Fsp3) is 0.368. The molecule has 0 aromatic heterocycles. The average molecular weight is 387 g/mol. The molecule has 2 aliphatic rings. The maximum Gasteiger partial charge on any atom is 0.347 e. The summed E-state index contributed by atoms with van der Waals surface area (Å²) < 4.78 is 10.2. The molecule has 0 radical (unpaired) electrons. The van der Waals surface area contributed by atoms with Gasteiger partial charge in [0.1, 0.15) is 0 Å². The highest BCUT2D eigenvalue weighted by Gasteiger charge is 2.33. The van der Waals surface area contributed by atoms with E-state index in [9.17, 15) is 19.2 Å². The molecule has 2 N–H and O–H groups in total. The van der Waals surface area contributed by atoms with Crippen LogP contribution in [0.1, 0.15) is 12.8 Å². The SMILES string of the molecule is CN(CC(=O)NC1CC1)C(=O)COC(=O)C1=C(Nc2ccccc2)OCC1=O. The van der Waals surface area contributed by atoms with Gasteiger partial charge in [-0.05, 0) is 25.0 Å². The number of hydrogen-bond donors (Lipinski definition) is 2. The van der Waals surface area contributed by atoms with Crippen LogP contribution in [0.2, 0.25) is 0 Å². The molecule has 148 valence electrons. The zero-order chi connectivity index (χ0) is 20.1. The number of ether oxygens (including phenoxy) is 2. The summed E-state index contributed by atoms with van der Waals surface area (Å²) in [5, 5.41) is 5.62. The monoisotopic (exact) mass is 387 g/mol. The van der Waals surface area contributed by atoms with Crippen molar-refractivity contribution in [1.82, 2.24) is 10.2 Å². The second-order valence-corrected chi connectivity index (χ2v) is 6.57. The smallest absolute Gasteiger partial charge is 0.347 e. The highest BCUT2D eigenvalue weighted by molar-refractivity contribution is 6.20. The molecule has 1 saturated carbocycles. The van der Waals surface area contributed by atoms with Gasteiger partial charge < -0.3 is 25.0 Å². The van der Waals surface area contributed by atoms with Gasteiger partial charge in [0.15, 0.2) is 18.8 Å². The zero-order valence-corrected chi connectivity index (χ0v) is 15.4. The molecule has 2 amide bonds. The molecule has 1 fully saturated rings. The number of ketones is 1. The predicted octanol–water partition coefficient (Wildman–Crippen LogP) is 0.190. The van der Waals surface area contributed by atoms with E-state index in [0.717, 1.165) is 17.7 Å². The molecular weight excluding hydrogens is 366 g/mol. The van der Waals surface area contributed by atoms with Gasteiger partial charge in [-0.15, -0.1) is 0 Å². The molecule has 0 atom stereocenters. The summed E-state index contributed by atoms with van der Waals surface area (Å²) in [6.45, 7) is -0.991. The van der Waals surface area contributed by atoms with Crippen molar-refractivity contribution in [2.45, 2.75) is 18.9 Å². The van der Waals surface area contributed by atoms with E-state index in [1.165, 1.54) is 7.05 Å². The number of amides is 2. The average Bonchev–Trinajstić information content (AvgIpc) is 3.41. The van der Waals surface area contributed by atoms with Gasteiger partial charge in [0.05, 0.1) is 6.54 Å². The van der Waals surface area contributed by atoms with Crippen molar-refractivity contribution >= 4 is 29.3 Å². The molecule has 1 aliphatic heterocycles. The number of para-hydroxylation sites is 1. The minimum absolute atomic E-state index is 0.00850. The number of carbonyl (C=O) groups excluding carboxylic acids is 4. The van der Waals surface area contributed by atoms with Crippen molar-refractivity contribution in [2.24, 2.45) is 0 Å². The normalized spacial score (nSPS) is 15.7. The van der Waals surface area contributed by atoms with Crippen LogP contribution in [0, 0.1) is 0 Å². The first-order valence-electron chi connectivity index (χ1n) is 8.87. The fourth-order valence-electron chi connectivity index (χ4n) is 2.48. The molecule has 28 heavy (non-hydrogen) atoms. The van der Waals surface area contributed by atoms with Crippen molar-refractivity contribution in [3.63, 3.8) is 0 Å². The Kier molecular flexibility index (Phi) is 5.93. The van der Waals surface area contributed by atoms with Crippen molar-refractivity contribution in [1.29, 1.82) is 0 Å². The first-order valence-corrected chi connectivity index (χ1v) is 8.87. The third-order valence-electron chi connectivity index (χ3n) is 4.17. The summed E-state index contributed by atoms with van der Waals surface area (Å²) >= 11 is 0. The first-order chi connectivity index (χ1) is 13.4. The largest absolute Gasteiger partial charge is 0.470 e. The Morgan fingerprint density at radius 2 is 1.93 bits per heavy atom. The second kappa shape index (κ2) is 8.55. The van der Waals surface area contributed by atoms with E-state index in [-0.39, 0.29) is 36.6 Å². The number of likely N-dealkylation sites (N-methyl/N-ethyl adjacent to an activating group) is 1. The predicted molar refractivity (Wildman–Crippen MR) is 97.8 cm³/mol. The van der Waals surface area contributed by atoms with E-state index in [0.29, 0.717) is 5.69 Å². The minimum atomic E-state index is -0.954. The van der Waals surface area contributed by atoms with Crippen LogP contribution in [-0.2, 0) is 28.7 Å². The lowest BCUT2D eigenvalue weighted by molar-refractivity contribution is -0.149. The van der Waals surface area contributed by atoms with Gasteiger partial charge >= 0.3 is 5.97 Å². The first kappa shape index (κ1) is 19.4. The summed E-state index contributed by atoms with van der Waals surface area (Å²) in [4.78, 5) is 49.2. The van der Waals surface area contributed by atoms with Gasteiger partial charge in [-0.3, -0.25) is 14.4 Å². The van der Waals surface area contributed by atoms with Crippen molar-refractivity contribution < 1.29 is 28.7 Å². The molecule has 1 aromatic rings. The van der Waals surface area contributed by atoms with Crippen molar-refractivity contribution in [2.75, 3.05) is 32.1 Å². The molecule has 0 unspecified atom stereocenters. The van der Waals surface area contributed by atoms with Gasteiger partial charge in [-0.1, -0.05) is 18.2 Å². The van der Waals surface area contributed by atoms with Crippen LogP contribution in [0.5, 0.6) is 0 Å². The van der Waals surface area contributed by atoms with E-state index in [2.05, 4.69) is 10.6 Å². The van der Waals surface area contributed by atoms with Gasteiger partial charge in [-0.2, -0.15) is 0 Å². The van der Waals surface area contributed by atoms with Gasteiger partial charge in [0, 0.05) is 18.8 Å². The molecule has 0 bridgehead atoms. The number of nitrogens with one attached hydrogen (secondary N) is 2. The Morgan fingerprint density at radius 3 is 2.61 bits per heavy atom. The standard InChI is InChI=1S/C19H21N3O6/c1-22(9-15(24)20-13-7-8-13)16(25)11-28-19(26)17-14(23)10-27-18(17)21-12-5-3-2-4-6-12/h2-6,13,21H,7-11H2,1H3,(H,20,24). The number of esters is 1. The number of carbonyl (C=O) groups is 4. The van der Waals surface area contributed by atoms with Crippen LogP contribution < -0.4 is 10.6 Å². The lowest BCUT2D eigenvalue weighted by atomic mass is 10.2. The Morgan fingerprint density at radius 1 is 1.21 bits per heavy atom. The van der Waals surface area contributed by atoms with Gasteiger partial charge in [-0.25, -0.2) is 4.79 Å². The lowest BCUT2D eigenvalue weighted by Crippen LogP contribution is -2.40. The molecule has 1 aromatic carbocycles. The third-order valence-corrected chi connectivity index (χ3v) is 4.17. The second-order valence-electron chi connectivity index (χ2n) is 6.57. The van der Waals surface area contributed by atoms with Crippen LogP contribution in [0.25, 0.3) is 0 Å². The lowest BCUT2D eigenvalue weighted by Gasteiger charge is -2.16. The minimum Gasteiger partial charge on any atom is -0.470 e. The van der Waals surface area contributed by atoms with E-state index in [4.69, 9.17) is 9.47 Å². The number of anilines is 1. The molecule has 9 nitrogen and oxygen atoms in total. The number of nitrogens with zero attached hydrogens (tertiary/aromatic N) is 1. The Hall–Kier alpha value is -3.36. The molecule has 0 spiro atoms. The van der Waals surface area contributed by atoms with Crippen LogP contribution in [0.4, 0.5) is 5.69 Å². The summed E-state index contributed by atoms with van der Waals surface area (Å²) in [7, 11) is 1.44. The summed E-state index contributed by atoms with van der Waals surface area (Å²) in [6.07, 6.45) is 1.90. The van der Waals surface area contributed by atoms with Crippen molar-refractivity contribution in [3.8, 4) is 0 Å². The molecule has 0 saturated heterocycles. The van der Waals surface area contributed by atoms with Crippen LogP contribution in [0.15, 0.2) is 41.8 Å². The Bertz CT molecular complexity index is 816. The van der Waals surface area contributed by atoms with Crippen LogP contribution in [0.3, 0.4) is 0 Å². The van der Waals surface area contributed by atoms with E-state index in [1.807, 2.05) is 6.07 Å². The molecular formula is C19H21N3O6. The van der Waals surface area contributed by atoms with Gasteiger partial charge in [0.25, 0.3) is 5.91 Å². The van der Waals surface area contributed by atoms with Crippen LogP contribution in [-0.4, -0.2) is 61.3 Å². The quantitative estimate of drug-likeness (QED) is 0.483. The van der Waals surface area contributed by atoms with Crippen molar-refractivity contribution in [3.05, 3.63) is 41.8 Å². The third kappa shape index (κ3) is 5.09. The Labute approximate surface area is 161 Å². The fourth-order valence-corrected chi connectivity index (χ4v) is 2.48. The number of rotatable bonds is 8. The highest BCUT2D eigenvalue weighted by Crippen LogP contribution is 2.20. The number of benzene rings is 1. The van der Waals surface area contributed by atoms with E-state index >= 15 is 0 Å². The summed E-state index contributed by atoms with van der Waals surface area (Å²) in [5.41, 5.74) is 0.362. The molecule has 1 heterocycles. The highest BCUT2D eigenvalue weighted by atomic mass is 16.5. The molecule has 9 heteroatoms. The molecule has 3 rings (SSSR count). The summed E-state index contributed by atoms with van der Waals surface area (Å²) in [5.74, 6) is -2.31. The zero-order valence-electron chi connectivity index (χ0n) is 15.4. The summed E-state index contributed by atoms with van der Waals surface area (Å²) in [6, 6.07) is 9.07. The number of Topliss-reactive ketones (excluding diaryl/α,β-unsaturated/α-hetero) is 1. The maximum absolute atomic E-state index is 12.3. The van der Waals surface area contributed by atoms with E-state index in [1.54, 1.807) is 24.3 Å².